The smallest absolute Gasteiger partial charge is 0.358 e. The van der Waals surface area contributed by atoms with E-state index in [-0.39, 0.29) is 5.69 Å². The summed E-state index contributed by atoms with van der Waals surface area (Å²) in [5.74, 6) is -0.135. The zero-order valence-corrected chi connectivity index (χ0v) is 12.6. The lowest BCUT2D eigenvalue weighted by atomic mass is 10.1. The van der Waals surface area contributed by atoms with Crippen molar-refractivity contribution in [1.82, 2.24) is 14.9 Å². The molecule has 0 amide bonds. The number of carbonyl (C=O) groups is 1. The molecule has 0 aliphatic carbocycles. The summed E-state index contributed by atoms with van der Waals surface area (Å²) < 4.78 is 29.4. The van der Waals surface area contributed by atoms with Crippen molar-refractivity contribution in [1.29, 1.82) is 0 Å². The maximum absolute atomic E-state index is 11.2. The number of esters is 1. The molecule has 2 N–H and O–H groups in total. The van der Waals surface area contributed by atoms with Gasteiger partial charge in [-0.25, -0.2) is 17.9 Å². The first kappa shape index (κ1) is 16.3. The highest BCUT2D eigenvalue weighted by molar-refractivity contribution is 7.88. The number of hydrogen-bond acceptors (Lipinski definition) is 7. The number of anilines is 1. The van der Waals surface area contributed by atoms with E-state index >= 15 is 0 Å². The molecule has 0 radical (unpaired) electrons. The van der Waals surface area contributed by atoms with Gasteiger partial charge in [-0.3, -0.25) is 0 Å². The molecule has 0 spiro atoms. The van der Waals surface area contributed by atoms with E-state index in [9.17, 15) is 13.2 Å². The second-order valence-electron chi connectivity index (χ2n) is 4.91. The van der Waals surface area contributed by atoms with E-state index in [4.69, 9.17) is 0 Å². The zero-order valence-electron chi connectivity index (χ0n) is 11.8. The monoisotopic (exact) mass is 302 g/mol. The van der Waals surface area contributed by atoms with Gasteiger partial charge in [-0.15, -0.1) is 10.2 Å². The molecule has 1 heterocycles. The fraction of sp³-hybridized carbons (Fsp3) is 0.545. The molecule has 0 unspecified atom stereocenters. The topological polar surface area (TPSA) is 110 Å². The average molecular weight is 302 g/mol. The Morgan fingerprint density at radius 1 is 1.35 bits per heavy atom. The van der Waals surface area contributed by atoms with Crippen LogP contribution in [0.2, 0.25) is 0 Å². The molecule has 9 heteroatoms. The first-order chi connectivity index (χ1) is 9.13. The van der Waals surface area contributed by atoms with Gasteiger partial charge in [0.15, 0.2) is 5.69 Å². The van der Waals surface area contributed by atoms with Crippen molar-refractivity contribution in [2.45, 2.75) is 19.4 Å². The van der Waals surface area contributed by atoms with Gasteiger partial charge in [0.2, 0.25) is 10.0 Å². The molecule has 0 saturated carbocycles. The van der Waals surface area contributed by atoms with E-state index in [0.717, 1.165) is 6.26 Å². The third kappa shape index (κ3) is 5.49. The van der Waals surface area contributed by atoms with E-state index < -0.39 is 21.5 Å². The number of aromatic nitrogens is 2. The van der Waals surface area contributed by atoms with Crippen LogP contribution in [0.3, 0.4) is 0 Å². The van der Waals surface area contributed by atoms with Gasteiger partial charge in [-0.2, -0.15) is 0 Å². The van der Waals surface area contributed by atoms with Crippen LogP contribution in [-0.2, 0) is 14.8 Å². The maximum atomic E-state index is 11.2. The van der Waals surface area contributed by atoms with Crippen LogP contribution in [0.1, 0.15) is 24.3 Å². The van der Waals surface area contributed by atoms with Crippen molar-refractivity contribution in [2.75, 3.05) is 25.2 Å². The van der Waals surface area contributed by atoms with Crippen LogP contribution in [0.4, 0.5) is 5.82 Å². The Balaban J connectivity index is 2.64. The summed E-state index contributed by atoms with van der Waals surface area (Å²) in [6, 6.07) is 3.04. The molecule has 0 aromatic carbocycles. The molecule has 1 aromatic heterocycles. The quantitative estimate of drug-likeness (QED) is 0.712. The number of nitrogens with zero attached hydrogens (tertiary/aromatic N) is 2. The van der Waals surface area contributed by atoms with Crippen LogP contribution in [0.25, 0.3) is 0 Å². The molecule has 20 heavy (non-hydrogen) atoms. The molecule has 0 fully saturated rings. The van der Waals surface area contributed by atoms with Crippen LogP contribution in [0.15, 0.2) is 12.1 Å². The molecule has 1 rings (SSSR count). The summed E-state index contributed by atoms with van der Waals surface area (Å²) in [5, 5.41) is 10.4. The number of methoxy groups -OCH3 is 1. The van der Waals surface area contributed by atoms with Gasteiger partial charge in [0.25, 0.3) is 0 Å². The predicted molar refractivity (Wildman–Crippen MR) is 73.9 cm³/mol. The Hall–Kier alpha value is -1.74. The third-order valence-corrected chi connectivity index (χ3v) is 3.16. The van der Waals surface area contributed by atoms with Gasteiger partial charge in [0.1, 0.15) is 5.82 Å². The van der Waals surface area contributed by atoms with Gasteiger partial charge in [-0.1, -0.05) is 0 Å². The summed E-state index contributed by atoms with van der Waals surface area (Å²) in [7, 11) is -2.04. The molecule has 0 aliphatic rings. The van der Waals surface area contributed by atoms with Gasteiger partial charge in [0.05, 0.1) is 13.4 Å². The zero-order chi connectivity index (χ0) is 15.4. The standard InChI is InChI=1S/C11H18N4O4S/c1-11(2,15-20(4,17)18)7-12-9-6-5-8(13-14-9)10(16)19-3/h5-6,15H,7H2,1-4H3,(H,12,14). The van der Waals surface area contributed by atoms with Crippen molar-refractivity contribution in [3.8, 4) is 0 Å². The van der Waals surface area contributed by atoms with Crippen molar-refractivity contribution in [3.05, 3.63) is 17.8 Å². The molecule has 8 nitrogen and oxygen atoms in total. The second kappa shape index (κ2) is 6.14. The lowest BCUT2D eigenvalue weighted by Crippen LogP contribution is -2.47. The van der Waals surface area contributed by atoms with Gasteiger partial charge >= 0.3 is 5.97 Å². The number of sulfonamides is 1. The Labute approximate surface area is 118 Å². The van der Waals surface area contributed by atoms with Crippen LogP contribution in [0.5, 0.6) is 0 Å². The highest BCUT2D eigenvalue weighted by atomic mass is 32.2. The van der Waals surface area contributed by atoms with Crippen molar-refractivity contribution >= 4 is 21.8 Å². The van der Waals surface area contributed by atoms with E-state index in [2.05, 4.69) is 25.0 Å². The minimum absolute atomic E-state index is 0.103. The summed E-state index contributed by atoms with van der Waals surface area (Å²) in [4.78, 5) is 11.2. The molecule has 0 saturated heterocycles. The molecule has 112 valence electrons. The predicted octanol–water partition coefficient (Wildman–Crippen LogP) is 0.00290. The van der Waals surface area contributed by atoms with Crippen molar-refractivity contribution in [2.24, 2.45) is 0 Å². The van der Waals surface area contributed by atoms with E-state index in [1.165, 1.54) is 13.2 Å². The average Bonchev–Trinajstić information content (AvgIpc) is 2.33. The minimum Gasteiger partial charge on any atom is -0.464 e. The highest BCUT2D eigenvalue weighted by Crippen LogP contribution is 2.08. The SMILES string of the molecule is COC(=O)c1ccc(NCC(C)(C)NS(C)(=O)=O)nn1. The summed E-state index contributed by atoms with van der Waals surface area (Å²) >= 11 is 0. The molecule has 0 atom stereocenters. The molecule has 1 aromatic rings. The Kier molecular flexibility index (Phi) is 5.01. The maximum Gasteiger partial charge on any atom is 0.358 e. The molecule has 0 bridgehead atoms. The number of hydrogen-bond donors (Lipinski definition) is 2. The second-order valence-corrected chi connectivity index (χ2v) is 6.66. The van der Waals surface area contributed by atoms with Gasteiger partial charge in [-0.05, 0) is 26.0 Å². The van der Waals surface area contributed by atoms with Gasteiger partial charge in [0, 0.05) is 12.1 Å². The summed E-state index contributed by atoms with van der Waals surface area (Å²) in [6.45, 7) is 3.78. The van der Waals surface area contributed by atoms with Crippen LogP contribution >= 0.6 is 0 Å². The Morgan fingerprint density at radius 2 is 2.00 bits per heavy atom. The number of nitrogens with one attached hydrogen (secondary N) is 2. The Morgan fingerprint density at radius 3 is 2.45 bits per heavy atom. The first-order valence-electron chi connectivity index (χ1n) is 5.78. The van der Waals surface area contributed by atoms with Crippen LogP contribution in [-0.4, -0.2) is 50.0 Å². The molecular weight excluding hydrogens is 284 g/mol. The molecular formula is C11H18N4O4S. The van der Waals surface area contributed by atoms with E-state index in [1.807, 2.05) is 0 Å². The third-order valence-electron chi connectivity index (χ3n) is 2.23. The van der Waals surface area contributed by atoms with Crippen molar-refractivity contribution in [3.63, 3.8) is 0 Å². The largest absolute Gasteiger partial charge is 0.464 e. The normalized spacial score (nSPS) is 12.0. The fourth-order valence-electron chi connectivity index (χ4n) is 1.49. The first-order valence-corrected chi connectivity index (χ1v) is 7.67. The summed E-state index contributed by atoms with van der Waals surface area (Å²) in [5.41, 5.74) is -0.581. The van der Waals surface area contributed by atoms with Crippen molar-refractivity contribution < 1.29 is 17.9 Å². The fourth-order valence-corrected chi connectivity index (χ4v) is 2.57. The number of rotatable bonds is 6. The highest BCUT2D eigenvalue weighted by Gasteiger charge is 2.22. The number of carbonyl (C=O) groups excluding carboxylic acids is 1. The van der Waals surface area contributed by atoms with Crippen LogP contribution in [0, 0.1) is 0 Å². The minimum atomic E-state index is -3.29. The van der Waals surface area contributed by atoms with Gasteiger partial charge < -0.3 is 10.1 Å². The lowest BCUT2D eigenvalue weighted by molar-refractivity contribution is 0.0592. The van der Waals surface area contributed by atoms with E-state index in [0.29, 0.717) is 12.4 Å². The van der Waals surface area contributed by atoms with E-state index in [1.54, 1.807) is 19.9 Å². The van der Waals surface area contributed by atoms with Crippen LogP contribution < -0.4 is 10.0 Å². The Bertz CT molecular complexity index is 569. The summed E-state index contributed by atoms with van der Waals surface area (Å²) in [6.07, 6.45) is 1.10. The molecule has 0 aliphatic heterocycles. The lowest BCUT2D eigenvalue weighted by Gasteiger charge is -2.25. The number of ether oxygens (including phenoxy) is 1.